The van der Waals surface area contributed by atoms with E-state index in [9.17, 15) is 4.79 Å². The summed E-state index contributed by atoms with van der Waals surface area (Å²) in [4.78, 5) is 16.6. The maximum absolute atomic E-state index is 11.8. The summed E-state index contributed by atoms with van der Waals surface area (Å²) >= 11 is 0. The van der Waals surface area contributed by atoms with E-state index < -0.39 is 0 Å². The van der Waals surface area contributed by atoms with Gasteiger partial charge in [0.15, 0.2) is 0 Å². The van der Waals surface area contributed by atoms with Crippen molar-refractivity contribution in [3.05, 3.63) is 29.3 Å². The lowest BCUT2D eigenvalue weighted by molar-refractivity contribution is 0.0946. The van der Waals surface area contributed by atoms with Crippen LogP contribution in [0, 0.1) is 0 Å². The lowest BCUT2D eigenvalue weighted by Gasteiger charge is -2.36. The highest BCUT2D eigenvalue weighted by molar-refractivity contribution is 5.98. The number of piperazine rings is 1. The number of fused-ring (bicyclic) bond motifs is 1. The van der Waals surface area contributed by atoms with E-state index in [0.717, 1.165) is 44.7 Å². The number of anilines is 1. The minimum Gasteiger partial charge on any atom is -0.369 e. The molecule has 1 fully saturated rings. The lowest BCUT2D eigenvalue weighted by Crippen LogP contribution is -2.45. The van der Waals surface area contributed by atoms with Crippen LogP contribution in [0.1, 0.15) is 15.9 Å². The van der Waals surface area contributed by atoms with Crippen LogP contribution >= 0.6 is 0 Å². The summed E-state index contributed by atoms with van der Waals surface area (Å²) in [5.41, 5.74) is 3.35. The second kappa shape index (κ2) is 4.61. The van der Waals surface area contributed by atoms with Gasteiger partial charge in [-0.25, -0.2) is 0 Å². The fraction of sp³-hybridized carbons (Fsp3) is 0.500. The van der Waals surface area contributed by atoms with E-state index >= 15 is 0 Å². The van der Waals surface area contributed by atoms with Gasteiger partial charge in [-0.15, -0.1) is 0 Å². The smallest absolute Gasteiger partial charge is 0.251 e. The van der Waals surface area contributed by atoms with Crippen LogP contribution < -0.4 is 10.2 Å². The average molecular weight is 245 g/mol. The maximum atomic E-state index is 11.8. The molecule has 96 valence electrons. The fourth-order valence-electron chi connectivity index (χ4n) is 2.79. The summed E-state index contributed by atoms with van der Waals surface area (Å²) in [5.74, 6) is 0.0761. The highest BCUT2D eigenvalue weighted by Gasteiger charge is 2.23. The molecule has 0 unspecified atom stereocenters. The summed E-state index contributed by atoms with van der Waals surface area (Å²) in [7, 11) is 2.16. The molecule has 2 heterocycles. The van der Waals surface area contributed by atoms with Crippen molar-refractivity contribution in [2.75, 3.05) is 44.7 Å². The number of hydrogen-bond donors (Lipinski definition) is 1. The molecule has 2 aliphatic heterocycles. The Kier molecular flexibility index (Phi) is 2.96. The second-order valence-electron chi connectivity index (χ2n) is 5.10. The molecule has 0 aliphatic carbocycles. The van der Waals surface area contributed by atoms with E-state index in [1.807, 2.05) is 12.1 Å². The lowest BCUT2D eigenvalue weighted by atomic mass is 9.97. The summed E-state index contributed by atoms with van der Waals surface area (Å²) in [5, 5.41) is 2.91. The highest BCUT2D eigenvalue weighted by Crippen LogP contribution is 2.27. The van der Waals surface area contributed by atoms with Crippen LogP contribution in [0.15, 0.2) is 18.2 Å². The first-order valence-electron chi connectivity index (χ1n) is 6.59. The van der Waals surface area contributed by atoms with Crippen molar-refractivity contribution in [1.82, 2.24) is 10.2 Å². The van der Waals surface area contributed by atoms with Crippen LogP contribution in [0.4, 0.5) is 5.69 Å². The van der Waals surface area contributed by atoms with Crippen molar-refractivity contribution in [1.29, 1.82) is 0 Å². The number of carbonyl (C=O) groups is 1. The third kappa shape index (κ3) is 1.97. The van der Waals surface area contributed by atoms with Gasteiger partial charge in [-0.2, -0.15) is 0 Å². The normalized spacial score (nSPS) is 20.5. The number of carbonyl (C=O) groups excluding carboxylic acids is 1. The third-order valence-corrected chi connectivity index (χ3v) is 3.90. The van der Waals surface area contributed by atoms with E-state index in [-0.39, 0.29) is 5.91 Å². The molecule has 0 aromatic heterocycles. The molecule has 18 heavy (non-hydrogen) atoms. The molecule has 1 aromatic rings. The molecular formula is C14H19N3O. The molecule has 0 spiro atoms. The van der Waals surface area contributed by atoms with Crippen LogP contribution in [0.25, 0.3) is 0 Å². The standard InChI is InChI=1S/C14H19N3O/c1-16-7-9-17(10-8-16)13-4-2-3-12-11(13)5-6-15-14(12)18/h2-4H,5-10H2,1H3,(H,15,18). The molecule has 1 saturated heterocycles. The Bertz CT molecular complexity index is 464. The average Bonchev–Trinajstić information content (AvgIpc) is 2.40. The second-order valence-corrected chi connectivity index (χ2v) is 5.10. The monoisotopic (exact) mass is 245 g/mol. The van der Waals surface area contributed by atoms with Gasteiger partial charge in [0.2, 0.25) is 0 Å². The first-order chi connectivity index (χ1) is 8.75. The number of hydrogen-bond acceptors (Lipinski definition) is 3. The van der Waals surface area contributed by atoms with E-state index in [2.05, 4.69) is 28.2 Å². The molecule has 4 heteroatoms. The first kappa shape index (κ1) is 11.5. The van der Waals surface area contributed by atoms with Gasteiger partial charge in [0.05, 0.1) is 0 Å². The summed E-state index contributed by atoms with van der Waals surface area (Å²) < 4.78 is 0. The van der Waals surface area contributed by atoms with E-state index in [0.29, 0.717) is 0 Å². The molecule has 3 rings (SSSR count). The Morgan fingerprint density at radius 2 is 1.94 bits per heavy atom. The van der Waals surface area contributed by atoms with Crippen LogP contribution in [-0.4, -0.2) is 50.6 Å². The zero-order valence-electron chi connectivity index (χ0n) is 10.8. The number of amides is 1. The van der Waals surface area contributed by atoms with Crippen LogP contribution in [0.2, 0.25) is 0 Å². The third-order valence-electron chi connectivity index (χ3n) is 3.90. The van der Waals surface area contributed by atoms with Gasteiger partial charge >= 0.3 is 0 Å². The molecular weight excluding hydrogens is 226 g/mol. The van der Waals surface area contributed by atoms with Crippen molar-refractivity contribution in [3.63, 3.8) is 0 Å². The SMILES string of the molecule is CN1CCN(c2cccc3c2CCNC3=O)CC1. The quantitative estimate of drug-likeness (QED) is 0.792. The minimum atomic E-state index is 0.0761. The van der Waals surface area contributed by atoms with Gasteiger partial charge in [-0.3, -0.25) is 4.79 Å². The molecule has 1 amide bonds. The molecule has 0 radical (unpaired) electrons. The van der Waals surface area contributed by atoms with Crippen molar-refractivity contribution in [2.24, 2.45) is 0 Å². The van der Waals surface area contributed by atoms with Crippen LogP contribution in [0.5, 0.6) is 0 Å². The Balaban J connectivity index is 1.93. The van der Waals surface area contributed by atoms with Crippen LogP contribution in [-0.2, 0) is 6.42 Å². The van der Waals surface area contributed by atoms with Crippen molar-refractivity contribution in [2.45, 2.75) is 6.42 Å². The molecule has 4 nitrogen and oxygen atoms in total. The van der Waals surface area contributed by atoms with Gasteiger partial charge in [-0.1, -0.05) is 6.07 Å². The number of nitrogens with one attached hydrogen (secondary N) is 1. The number of benzene rings is 1. The first-order valence-corrected chi connectivity index (χ1v) is 6.59. The molecule has 1 aromatic carbocycles. The van der Waals surface area contributed by atoms with Gasteiger partial charge in [0.25, 0.3) is 5.91 Å². The predicted molar refractivity (Wildman–Crippen MR) is 72.2 cm³/mol. The van der Waals surface area contributed by atoms with Crippen molar-refractivity contribution >= 4 is 11.6 Å². The van der Waals surface area contributed by atoms with E-state index in [1.54, 1.807) is 0 Å². The Hall–Kier alpha value is -1.55. The molecule has 0 bridgehead atoms. The van der Waals surface area contributed by atoms with Crippen molar-refractivity contribution < 1.29 is 4.79 Å². The fourth-order valence-corrected chi connectivity index (χ4v) is 2.79. The van der Waals surface area contributed by atoms with Gasteiger partial charge in [0.1, 0.15) is 0 Å². The van der Waals surface area contributed by atoms with Gasteiger partial charge in [0, 0.05) is 44.0 Å². The maximum Gasteiger partial charge on any atom is 0.251 e. The van der Waals surface area contributed by atoms with E-state index in [1.165, 1.54) is 11.3 Å². The largest absolute Gasteiger partial charge is 0.369 e. The minimum absolute atomic E-state index is 0.0761. The zero-order chi connectivity index (χ0) is 12.5. The number of likely N-dealkylation sites (N-methyl/N-ethyl adjacent to an activating group) is 1. The molecule has 2 aliphatic rings. The zero-order valence-corrected chi connectivity index (χ0v) is 10.8. The number of rotatable bonds is 1. The molecule has 0 atom stereocenters. The Morgan fingerprint density at radius 3 is 2.72 bits per heavy atom. The molecule has 0 saturated carbocycles. The summed E-state index contributed by atoms with van der Waals surface area (Å²) in [6.07, 6.45) is 0.948. The topological polar surface area (TPSA) is 35.6 Å². The Labute approximate surface area is 108 Å². The van der Waals surface area contributed by atoms with Crippen LogP contribution in [0.3, 0.4) is 0 Å². The molecule has 1 N–H and O–H groups in total. The number of nitrogens with zero attached hydrogens (tertiary/aromatic N) is 2. The Morgan fingerprint density at radius 1 is 1.17 bits per heavy atom. The van der Waals surface area contributed by atoms with Gasteiger partial charge < -0.3 is 15.1 Å². The van der Waals surface area contributed by atoms with Gasteiger partial charge in [-0.05, 0) is 31.2 Å². The summed E-state index contributed by atoms with van der Waals surface area (Å²) in [6.45, 7) is 5.05. The van der Waals surface area contributed by atoms with E-state index in [4.69, 9.17) is 0 Å². The summed E-state index contributed by atoms with van der Waals surface area (Å²) in [6, 6.07) is 6.09. The predicted octanol–water partition coefficient (Wildman–Crippen LogP) is 0.724. The highest BCUT2D eigenvalue weighted by atomic mass is 16.1. The van der Waals surface area contributed by atoms with Crippen molar-refractivity contribution in [3.8, 4) is 0 Å².